The fraction of sp³-hybridized carbons (Fsp3) is 0.136. The summed E-state index contributed by atoms with van der Waals surface area (Å²) in [5.74, 6) is -3.07. The van der Waals surface area contributed by atoms with Crippen molar-refractivity contribution in [2.24, 2.45) is 0 Å². The molecule has 2 atom stereocenters. The third kappa shape index (κ3) is 5.02. The second kappa shape index (κ2) is 12.6. The second-order valence-corrected chi connectivity index (χ2v) is 13.8. The Hall–Kier alpha value is -6.94. The summed E-state index contributed by atoms with van der Waals surface area (Å²) in [4.78, 5) is 89.2. The number of nitrogens with zero attached hydrogens (tertiary/aromatic N) is 4. The molecule has 3 aliphatic rings. The van der Waals surface area contributed by atoms with E-state index in [1.807, 2.05) is 61.5 Å². The van der Waals surface area contributed by atoms with E-state index in [4.69, 9.17) is 0 Å². The number of hydrogen-bond donors (Lipinski definition) is 0. The fourth-order valence-electron chi connectivity index (χ4n) is 8.36. The summed E-state index contributed by atoms with van der Waals surface area (Å²) in [6.07, 6.45) is 0.289. The van der Waals surface area contributed by atoms with Crippen LogP contribution in [0.5, 0.6) is 0 Å². The van der Waals surface area contributed by atoms with Gasteiger partial charge in [0.05, 0.1) is 6.04 Å². The summed E-state index contributed by atoms with van der Waals surface area (Å²) >= 11 is 0. The lowest BCUT2D eigenvalue weighted by Gasteiger charge is -2.44. The predicted octanol–water partition coefficient (Wildman–Crippen LogP) is 6.78. The Labute approximate surface area is 309 Å². The Morgan fingerprint density at radius 3 is 1.56 bits per heavy atom. The number of carbonyl (C=O) groups excluding carboxylic acids is 6. The predicted molar refractivity (Wildman–Crippen MR) is 203 cm³/mol. The number of benzene rings is 6. The molecule has 0 aromatic heterocycles. The second-order valence-electron chi connectivity index (χ2n) is 13.8. The first-order chi connectivity index (χ1) is 26.2. The van der Waals surface area contributed by atoms with E-state index in [1.165, 1.54) is 0 Å². The molecule has 0 N–H and O–H groups in total. The Morgan fingerprint density at radius 1 is 0.574 bits per heavy atom. The lowest BCUT2D eigenvalue weighted by atomic mass is 9.89. The van der Waals surface area contributed by atoms with E-state index in [-0.39, 0.29) is 6.42 Å². The maximum Gasteiger partial charge on any atom is 0.261 e. The molecule has 0 radical (unpaired) electrons. The molecule has 9 rings (SSSR count). The number of hydrogen-bond acceptors (Lipinski definition) is 6. The highest BCUT2D eigenvalue weighted by atomic mass is 16.2. The molecule has 6 aromatic carbocycles. The summed E-state index contributed by atoms with van der Waals surface area (Å²) in [6, 6.07) is 36.3. The van der Waals surface area contributed by atoms with Crippen molar-refractivity contribution in [2.45, 2.75) is 25.4 Å². The molecular weight excluding hydrogens is 681 g/mol. The molecule has 3 aliphatic heterocycles. The van der Waals surface area contributed by atoms with E-state index in [0.717, 1.165) is 20.6 Å². The zero-order chi connectivity index (χ0) is 37.2. The number of anilines is 2. The molecule has 0 spiro atoms. The summed E-state index contributed by atoms with van der Waals surface area (Å²) in [5.41, 5.74) is 3.21. The summed E-state index contributed by atoms with van der Waals surface area (Å²) in [7, 11) is 0. The minimum atomic E-state index is -0.594. The van der Waals surface area contributed by atoms with E-state index in [1.54, 1.807) is 82.6 Å². The SMILES string of the molecule is C[C@@H]1C[C@H](N(C(=O)CN2C(=O)c3cccc4cccc(c34)C2=O)c2ccccc2)c2ccccc2N1C(=O)CN1C(=O)c2cccc3cccc(c23)C1=O. The molecule has 0 saturated carbocycles. The Kier molecular flexibility index (Phi) is 7.70. The standard InChI is InChI=1S/C44H32N4O6/c1-26-23-36(48(29-15-3-2-4-16-29)38(50)25-46-43(53)33-20-9-13-28-14-10-21-34(40(28)33)44(46)54)30-17-5-6-22-35(30)47(26)37(49)24-45-41(51)31-18-7-11-27-12-8-19-32(39(27)31)42(45)52/h2-22,26,36H,23-25H2,1H3/t26-,36+/m1/s1. The van der Waals surface area contributed by atoms with Crippen LogP contribution >= 0.6 is 0 Å². The van der Waals surface area contributed by atoms with Crippen molar-refractivity contribution < 1.29 is 28.8 Å². The first-order valence-corrected chi connectivity index (χ1v) is 17.8. The number of para-hydroxylation sites is 2. The maximum atomic E-state index is 14.6. The van der Waals surface area contributed by atoms with Crippen LogP contribution in [0.2, 0.25) is 0 Å². The number of imide groups is 2. The first-order valence-electron chi connectivity index (χ1n) is 17.8. The van der Waals surface area contributed by atoms with Crippen LogP contribution in [-0.2, 0) is 9.59 Å². The molecule has 6 amide bonds. The molecule has 0 saturated heterocycles. The fourth-order valence-corrected chi connectivity index (χ4v) is 8.36. The van der Waals surface area contributed by atoms with Gasteiger partial charge in [-0.3, -0.25) is 38.6 Å². The van der Waals surface area contributed by atoms with Crippen LogP contribution in [0.25, 0.3) is 21.5 Å². The van der Waals surface area contributed by atoms with Crippen molar-refractivity contribution >= 4 is 68.4 Å². The van der Waals surface area contributed by atoms with Crippen LogP contribution in [0, 0.1) is 0 Å². The van der Waals surface area contributed by atoms with E-state index < -0.39 is 60.6 Å². The van der Waals surface area contributed by atoms with Gasteiger partial charge in [0.1, 0.15) is 13.1 Å². The smallest absolute Gasteiger partial charge is 0.261 e. The lowest BCUT2D eigenvalue weighted by Crippen LogP contribution is -2.53. The van der Waals surface area contributed by atoms with Gasteiger partial charge in [-0.2, -0.15) is 0 Å². The molecule has 3 heterocycles. The monoisotopic (exact) mass is 712 g/mol. The highest BCUT2D eigenvalue weighted by molar-refractivity contribution is 6.27. The van der Waals surface area contributed by atoms with Gasteiger partial charge in [-0.1, -0.05) is 84.9 Å². The largest absolute Gasteiger partial charge is 0.308 e. The normalized spacial score (nSPS) is 17.6. The summed E-state index contributed by atoms with van der Waals surface area (Å²) in [5, 5.41) is 2.70. The average molecular weight is 713 g/mol. The molecule has 264 valence electrons. The van der Waals surface area contributed by atoms with Crippen molar-refractivity contribution in [3.05, 3.63) is 155 Å². The van der Waals surface area contributed by atoms with E-state index in [2.05, 4.69) is 0 Å². The molecule has 54 heavy (non-hydrogen) atoms. The highest BCUT2D eigenvalue weighted by Gasteiger charge is 2.42. The Bertz CT molecular complexity index is 2520. The molecular formula is C44H32N4O6. The van der Waals surface area contributed by atoms with E-state index in [9.17, 15) is 28.8 Å². The summed E-state index contributed by atoms with van der Waals surface area (Å²) < 4.78 is 0. The van der Waals surface area contributed by atoms with Crippen LogP contribution in [0.3, 0.4) is 0 Å². The van der Waals surface area contributed by atoms with Crippen LogP contribution in [0.15, 0.2) is 127 Å². The molecule has 6 aromatic rings. The van der Waals surface area contributed by atoms with Crippen molar-refractivity contribution in [3.63, 3.8) is 0 Å². The van der Waals surface area contributed by atoms with Crippen LogP contribution in [-0.4, -0.2) is 64.4 Å². The van der Waals surface area contributed by atoms with E-state index in [0.29, 0.717) is 50.0 Å². The van der Waals surface area contributed by atoms with Gasteiger partial charge in [-0.25, -0.2) is 0 Å². The Morgan fingerprint density at radius 2 is 1.04 bits per heavy atom. The van der Waals surface area contributed by atoms with Gasteiger partial charge in [0.2, 0.25) is 11.8 Å². The first kappa shape index (κ1) is 32.9. The topological polar surface area (TPSA) is 115 Å². The van der Waals surface area contributed by atoms with Crippen molar-refractivity contribution in [3.8, 4) is 0 Å². The third-order valence-corrected chi connectivity index (χ3v) is 10.7. The molecule has 0 unspecified atom stereocenters. The third-order valence-electron chi connectivity index (χ3n) is 10.7. The van der Waals surface area contributed by atoms with Crippen LogP contribution in [0.1, 0.15) is 66.4 Å². The van der Waals surface area contributed by atoms with Crippen LogP contribution < -0.4 is 9.80 Å². The average Bonchev–Trinajstić information content (AvgIpc) is 3.19. The van der Waals surface area contributed by atoms with Crippen molar-refractivity contribution in [1.29, 1.82) is 0 Å². The summed E-state index contributed by atoms with van der Waals surface area (Å²) in [6.45, 7) is 0.889. The minimum absolute atomic E-state index is 0.289. The van der Waals surface area contributed by atoms with E-state index >= 15 is 0 Å². The van der Waals surface area contributed by atoms with Crippen molar-refractivity contribution in [2.75, 3.05) is 22.9 Å². The van der Waals surface area contributed by atoms with Gasteiger partial charge < -0.3 is 9.80 Å². The van der Waals surface area contributed by atoms with Gasteiger partial charge in [0.25, 0.3) is 23.6 Å². The number of amides is 6. The maximum absolute atomic E-state index is 14.6. The van der Waals surface area contributed by atoms with Gasteiger partial charge in [-0.15, -0.1) is 0 Å². The number of rotatable bonds is 6. The Balaban J connectivity index is 1.04. The minimum Gasteiger partial charge on any atom is -0.308 e. The van der Waals surface area contributed by atoms with Crippen LogP contribution in [0.4, 0.5) is 11.4 Å². The number of fused-ring (bicyclic) bond motifs is 1. The van der Waals surface area contributed by atoms with Crippen molar-refractivity contribution in [1.82, 2.24) is 9.80 Å². The zero-order valence-electron chi connectivity index (χ0n) is 29.1. The lowest BCUT2D eigenvalue weighted by molar-refractivity contribution is -0.119. The highest BCUT2D eigenvalue weighted by Crippen LogP contribution is 2.43. The van der Waals surface area contributed by atoms with Gasteiger partial charge in [0.15, 0.2) is 0 Å². The molecule has 0 bridgehead atoms. The molecule has 0 aliphatic carbocycles. The molecule has 10 nitrogen and oxygen atoms in total. The molecule has 0 fully saturated rings. The van der Waals surface area contributed by atoms with Gasteiger partial charge in [0, 0.05) is 50.4 Å². The van der Waals surface area contributed by atoms with Gasteiger partial charge >= 0.3 is 0 Å². The quantitative estimate of drug-likeness (QED) is 0.176. The number of carbonyl (C=O) groups is 6. The molecule has 10 heteroatoms. The zero-order valence-corrected chi connectivity index (χ0v) is 29.1. The van der Waals surface area contributed by atoms with Gasteiger partial charge in [-0.05, 0) is 72.1 Å².